The molecule has 1 atom stereocenters. The van der Waals surface area contributed by atoms with Gasteiger partial charge in [-0.05, 0) is 58.6 Å². The third-order valence-electron chi connectivity index (χ3n) is 3.53. The third-order valence-corrected chi connectivity index (χ3v) is 4.15. The van der Waals surface area contributed by atoms with Crippen molar-refractivity contribution in [2.24, 2.45) is 0 Å². The van der Waals surface area contributed by atoms with Crippen molar-refractivity contribution in [3.63, 3.8) is 0 Å². The van der Waals surface area contributed by atoms with Crippen molar-refractivity contribution in [3.8, 4) is 5.75 Å². The number of carbonyl (C=O) groups excluding carboxylic acids is 1. The Bertz CT molecular complexity index is 703. The van der Waals surface area contributed by atoms with Crippen molar-refractivity contribution in [2.45, 2.75) is 33.1 Å². The molecule has 1 amide bonds. The Labute approximate surface area is 151 Å². The highest BCUT2D eigenvalue weighted by Gasteiger charge is 2.15. The highest BCUT2D eigenvalue weighted by atomic mass is 79.9. The second-order valence-electron chi connectivity index (χ2n) is 5.66. The lowest BCUT2D eigenvalue weighted by molar-refractivity contribution is -0.127. The zero-order chi connectivity index (χ0) is 17.5. The summed E-state index contributed by atoms with van der Waals surface area (Å²) >= 11 is 3.45. The molecule has 0 heterocycles. The summed E-state index contributed by atoms with van der Waals surface area (Å²) in [6.45, 7) is 4.76. The van der Waals surface area contributed by atoms with E-state index >= 15 is 0 Å². The van der Waals surface area contributed by atoms with E-state index in [2.05, 4.69) is 21.2 Å². The predicted octanol–water partition coefficient (Wildman–Crippen LogP) is 3.99. The lowest BCUT2D eigenvalue weighted by Crippen LogP contribution is -2.36. The molecule has 0 bridgehead atoms. The van der Waals surface area contributed by atoms with Gasteiger partial charge in [-0.25, -0.2) is 0 Å². The first-order valence-corrected chi connectivity index (χ1v) is 8.56. The highest BCUT2D eigenvalue weighted by molar-refractivity contribution is 9.10. The Balaban J connectivity index is 1.90. The minimum atomic E-state index is -0.578. The van der Waals surface area contributed by atoms with E-state index in [9.17, 15) is 4.79 Å². The predicted molar refractivity (Wildman–Crippen MR) is 98.0 cm³/mol. The fraction of sp³-hybridized carbons (Fsp3) is 0.316. The quantitative estimate of drug-likeness (QED) is 0.775. The van der Waals surface area contributed by atoms with Gasteiger partial charge < -0.3 is 14.8 Å². The lowest BCUT2D eigenvalue weighted by atomic mass is 10.1. The Morgan fingerprint density at radius 3 is 2.67 bits per heavy atom. The third kappa shape index (κ3) is 5.35. The van der Waals surface area contributed by atoms with Crippen molar-refractivity contribution >= 4 is 21.8 Å². The number of carbonyl (C=O) groups is 1. The summed E-state index contributed by atoms with van der Waals surface area (Å²) < 4.78 is 11.7. The minimum Gasteiger partial charge on any atom is -0.480 e. The second-order valence-corrected chi connectivity index (χ2v) is 6.52. The molecule has 2 rings (SSSR count). The first kappa shape index (κ1) is 18.5. The van der Waals surface area contributed by atoms with Gasteiger partial charge in [-0.1, -0.05) is 30.3 Å². The summed E-state index contributed by atoms with van der Waals surface area (Å²) in [5, 5.41) is 2.90. The van der Waals surface area contributed by atoms with Crippen molar-refractivity contribution in [1.29, 1.82) is 0 Å². The van der Waals surface area contributed by atoms with Crippen LogP contribution in [-0.2, 0) is 22.7 Å². The summed E-state index contributed by atoms with van der Waals surface area (Å²) in [5.41, 5.74) is 3.24. The molecule has 0 spiro atoms. The highest BCUT2D eigenvalue weighted by Crippen LogP contribution is 2.26. The van der Waals surface area contributed by atoms with Gasteiger partial charge in [-0.3, -0.25) is 4.79 Å². The maximum atomic E-state index is 12.2. The summed E-state index contributed by atoms with van der Waals surface area (Å²) in [4.78, 5) is 12.2. The zero-order valence-corrected chi connectivity index (χ0v) is 15.7. The average Bonchev–Trinajstić information content (AvgIpc) is 2.56. The number of methoxy groups -OCH3 is 1. The monoisotopic (exact) mass is 391 g/mol. The van der Waals surface area contributed by atoms with Gasteiger partial charge >= 0.3 is 0 Å². The fourth-order valence-electron chi connectivity index (χ4n) is 2.27. The molecule has 0 aliphatic carbocycles. The lowest BCUT2D eigenvalue weighted by Gasteiger charge is -2.16. The normalized spacial score (nSPS) is 11.8. The van der Waals surface area contributed by atoms with E-state index in [4.69, 9.17) is 9.47 Å². The van der Waals surface area contributed by atoms with Gasteiger partial charge in [0.1, 0.15) is 5.75 Å². The summed E-state index contributed by atoms with van der Waals surface area (Å²) in [6.07, 6.45) is -0.578. The molecule has 4 nitrogen and oxygen atoms in total. The molecule has 0 unspecified atom stereocenters. The van der Waals surface area contributed by atoms with Crippen LogP contribution in [0.25, 0.3) is 0 Å². The maximum absolute atomic E-state index is 12.2. The standard InChI is InChI=1S/C19H22BrNO3/c1-13-7-8-18(17(20)9-13)24-14(2)19(22)21-11-15-5-4-6-16(10-15)12-23-3/h4-10,14H,11-12H2,1-3H3,(H,21,22)/t14-/m1/s1. The van der Waals surface area contributed by atoms with Gasteiger partial charge in [0.2, 0.25) is 0 Å². The van der Waals surface area contributed by atoms with Crippen LogP contribution in [-0.4, -0.2) is 19.1 Å². The molecule has 5 heteroatoms. The molecule has 0 aromatic heterocycles. The SMILES string of the molecule is COCc1cccc(CNC(=O)[C@@H](C)Oc2ccc(C)cc2Br)c1. The maximum Gasteiger partial charge on any atom is 0.261 e. The van der Waals surface area contributed by atoms with Crippen LogP contribution in [0.1, 0.15) is 23.6 Å². The van der Waals surface area contributed by atoms with Crippen molar-refractivity contribution < 1.29 is 14.3 Å². The number of halogens is 1. The smallest absolute Gasteiger partial charge is 0.261 e. The number of benzene rings is 2. The van der Waals surface area contributed by atoms with E-state index in [1.54, 1.807) is 14.0 Å². The van der Waals surface area contributed by atoms with Gasteiger partial charge in [-0.2, -0.15) is 0 Å². The van der Waals surface area contributed by atoms with Crippen LogP contribution >= 0.6 is 15.9 Å². The van der Waals surface area contributed by atoms with E-state index < -0.39 is 6.10 Å². The fourth-order valence-corrected chi connectivity index (χ4v) is 2.86. The molecular weight excluding hydrogens is 370 g/mol. The number of hydrogen-bond acceptors (Lipinski definition) is 3. The molecule has 1 N–H and O–H groups in total. The van der Waals surface area contributed by atoms with Crippen LogP contribution < -0.4 is 10.1 Å². The molecular formula is C19H22BrNO3. The Kier molecular flexibility index (Phi) is 6.82. The first-order valence-electron chi connectivity index (χ1n) is 7.77. The van der Waals surface area contributed by atoms with E-state index in [0.717, 1.165) is 21.2 Å². The van der Waals surface area contributed by atoms with Gasteiger partial charge in [0.05, 0.1) is 11.1 Å². The number of nitrogens with one attached hydrogen (secondary N) is 1. The average molecular weight is 392 g/mol. The van der Waals surface area contributed by atoms with E-state index in [1.807, 2.05) is 49.4 Å². The van der Waals surface area contributed by atoms with Crippen LogP contribution in [0.2, 0.25) is 0 Å². The summed E-state index contributed by atoms with van der Waals surface area (Å²) in [5.74, 6) is 0.505. The second kappa shape index (κ2) is 8.85. The molecule has 0 radical (unpaired) electrons. The zero-order valence-electron chi connectivity index (χ0n) is 14.1. The van der Waals surface area contributed by atoms with Crippen LogP contribution in [0.15, 0.2) is 46.9 Å². The molecule has 0 aliphatic rings. The molecule has 0 saturated heterocycles. The molecule has 0 saturated carbocycles. The minimum absolute atomic E-state index is 0.153. The van der Waals surface area contributed by atoms with Gasteiger partial charge in [-0.15, -0.1) is 0 Å². The molecule has 2 aromatic rings. The molecule has 24 heavy (non-hydrogen) atoms. The summed E-state index contributed by atoms with van der Waals surface area (Å²) in [7, 11) is 1.66. The number of amides is 1. The number of hydrogen-bond donors (Lipinski definition) is 1. The van der Waals surface area contributed by atoms with Gasteiger partial charge in [0, 0.05) is 13.7 Å². The largest absolute Gasteiger partial charge is 0.480 e. The van der Waals surface area contributed by atoms with Crippen LogP contribution in [0.4, 0.5) is 0 Å². The van der Waals surface area contributed by atoms with Gasteiger partial charge in [0.15, 0.2) is 6.10 Å². The van der Waals surface area contributed by atoms with E-state index in [1.165, 1.54) is 0 Å². The van der Waals surface area contributed by atoms with Gasteiger partial charge in [0.25, 0.3) is 5.91 Å². The molecule has 2 aromatic carbocycles. The molecule has 128 valence electrons. The topological polar surface area (TPSA) is 47.6 Å². The van der Waals surface area contributed by atoms with Crippen LogP contribution in [0, 0.1) is 6.92 Å². The van der Waals surface area contributed by atoms with Crippen LogP contribution in [0.5, 0.6) is 5.75 Å². The van der Waals surface area contributed by atoms with Crippen molar-refractivity contribution in [3.05, 3.63) is 63.6 Å². The number of rotatable bonds is 7. The Hall–Kier alpha value is -1.85. The van der Waals surface area contributed by atoms with Crippen LogP contribution in [0.3, 0.4) is 0 Å². The van der Waals surface area contributed by atoms with Crippen molar-refractivity contribution in [2.75, 3.05) is 7.11 Å². The first-order chi connectivity index (χ1) is 11.5. The van der Waals surface area contributed by atoms with Crippen molar-refractivity contribution in [1.82, 2.24) is 5.32 Å². The number of ether oxygens (including phenoxy) is 2. The summed E-state index contributed by atoms with van der Waals surface area (Å²) in [6, 6.07) is 13.7. The van der Waals surface area contributed by atoms with E-state index in [0.29, 0.717) is 18.9 Å². The Morgan fingerprint density at radius 2 is 1.96 bits per heavy atom. The Morgan fingerprint density at radius 1 is 1.21 bits per heavy atom. The van der Waals surface area contributed by atoms with E-state index in [-0.39, 0.29) is 5.91 Å². The number of aryl methyl sites for hydroxylation is 1. The molecule has 0 fully saturated rings. The molecule has 0 aliphatic heterocycles.